The van der Waals surface area contributed by atoms with Crippen molar-refractivity contribution in [2.45, 2.75) is 25.7 Å². The molecule has 1 amide bonds. The number of thiophene rings is 1. The van der Waals surface area contributed by atoms with Crippen LogP contribution in [0.1, 0.15) is 39.2 Å². The molecule has 0 bridgehead atoms. The van der Waals surface area contributed by atoms with E-state index in [-0.39, 0.29) is 5.91 Å². The van der Waals surface area contributed by atoms with Crippen molar-refractivity contribution in [1.29, 1.82) is 5.26 Å². The lowest BCUT2D eigenvalue weighted by molar-refractivity contribution is 0.102. The average Bonchev–Trinajstić information content (AvgIpc) is 2.91. The van der Waals surface area contributed by atoms with Gasteiger partial charge in [0.2, 0.25) is 0 Å². The number of hydrogen-bond donors (Lipinski definition) is 1. The van der Waals surface area contributed by atoms with Crippen molar-refractivity contribution in [1.82, 2.24) is 0 Å². The van der Waals surface area contributed by atoms with E-state index in [0.29, 0.717) is 16.1 Å². The van der Waals surface area contributed by atoms with Crippen molar-refractivity contribution < 1.29 is 4.79 Å². The number of anilines is 2. The summed E-state index contributed by atoms with van der Waals surface area (Å²) in [6.45, 7) is 0. The molecule has 1 aliphatic carbocycles. The standard InChI is InChI=1S/C18H19N3OS/c1-21(2)13-7-5-6-12(10-13)17(22)20-18-15(11-19)14-8-3-4-9-16(14)23-18/h5-7,10H,3-4,8-9H2,1-2H3,(H,20,22). The molecule has 23 heavy (non-hydrogen) atoms. The van der Waals surface area contributed by atoms with Crippen molar-refractivity contribution in [3.8, 4) is 6.07 Å². The van der Waals surface area contributed by atoms with Gasteiger partial charge in [-0.25, -0.2) is 0 Å². The normalized spacial score (nSPS) is 13.1. The zero-order chi connectivity index (χ0) is 16.4. The molecule has 1 aliphatic rings. The van der Waals surface area contributed by atoms with Crippen molar-refractivity contribution >= 4 is 27.9 Å². The molecule has 0 saturated heterocycles. The maximum atomic E-state index is 12.5. The molecule has 1 aromatic carbocycles. The molecule has 0 spiro atoms. The van der Waals surface area contributed by atoms with Crippen LogP contribution in [0.2, 0.25) is 0 Å². The second-order valence-electron chi connectivity index (χ2n) is 5.93. The number of nitrogens with zero attached hydrogens (tertiary/aromatic N) is 2. The Hall–Kier alpha value is -2.32. The van der Waals surface area contributed by atoms with Gasteiger partial charge in [-0.05, 0) is 49.4 Å². The fourth-order valence-electron chi connectivity index (χ4n) is 2.87. The van der Waals surface area contributed by atoms with E-state index in [9.17, 15) is 10.1 Å². The minimum absolute atomic E-state index is 0.163. The molecule has 2 aromatic rings. The monoisotopic (exact) mass is 325 g/mol. The van der Waals surface area contributed by atoms with E-state index < -0.39 is 0 Å². The molecule has 1 aromatic heterocycles. The summed E-state index contributed by atoms with van der Waals surface area (Å²) in [4.78, 5) is 15.8. The van der Waals surface area contributed by atoms with E-state index in [4.69, 9.17) is 0 Å². The zero-order valence-corrected chi connectivity index (χ0v) is 14.2. The summed E-state index contributed by atoms with van der Waals surface area (Å²) in [5.74, 6) is -0.163. The first-order valence-corrected chi connectivity index (χ1v) is 8.55. The smallest absolute Gasteiger partial charge is 0.256 e. The minimum Gasteiger partial charge on any atom is -0.378 e. The lowest BCUT2D eigenvalue weighted by atomic mass is 9.96. The molecule has 4 nitrogen and oxygen atoms in total. The fourth-order valence-corrected chi connectivity index (χ4v) is 4.11. The van der Waals surface area contributed by atoms with Crippen LogP contribution in [0.5, 0.6) is 0 Å². The van der Waals surface area contributed by atoms with Gasteiger partial charge in [0, 0.05) is 30.2 Å². The first-order chi connectivity index (χ1) is 11.1. The van der Waals surface area contributed by atoms with Gasteiger partial charge in [0.15, 0.2) is 0 Å². The van der Waals surface area contributed by atoms with Gasteiger partial charge in [0.25, 0.3) is 5.91 Å². The van der Waals surface area contributed by atoms with Crippen molar-refractivity contribution in [3.63, 3.8) is 0 Å². The van der Waals surface area contributed by atoms with Gasteiger partial charge in [-0.1, -0.05) is 6.07 Å². The summed E-state index contributed by atoms with van der Waals surface area (Å²) in [5.41, 5.74) is 3.37. The molecular formula is C18H19N3OS. The van der Waals surface area contributed by atoms with Crippen LogP contribution in [0.4, 0.5) is 10.7 Å². The van der Waals surface area contributed by atoms with Crippen LogP contribution in [-0.4, -0.2) is 20.0 Å². The topological polar surface area (TPSA) is 56.1 Å². The molecule has 0 unspecified atom stereocenters. The Bertz CT molecular complexity index is 786. The SMILES string of the molecule is CN(C)c1cccc(C(=O)Nc2sc3c(c2C#N)CCCC3)c1. The maximum absolute atomic E-state index is 12.5. The van der Waals surface area contributed by atoms with Crippen LogP contribution in [-0.2, 0) is 12.8 Å². The van der Waals surface area contributed by atoms with E-state index >= 15 is 0 Å². The summed E-state index contributed by atoms with van der Waals surface area (Å²) in [6.07, 6.45) is 4.24. The Kier molecular flexibility index (Phi) is 4.35. The quantitative estimate of drug-likeness (QED) is 0.933. The highest BCUT2D eigenvalue weighted by molar-refractivity contribution is 7.16. The van der Waals surface area contributed by atoms with Gasteiger partial charge >= 0.3 is 0 Å². The Balaban J connectivity index is 1.87. The van der Waals surface area contributed by atoms with Gasteiger partial charge in [0.1, 0.15) is 11.1 Å². The molecule has 0 saturated carbocycles. The van der Waals surface area contributed by atoms with Crippen LogP contribution in [0.3, 0.4) is 0 Å². The average molecular weight is 325 g/mol. The third-order valence-electron chi connectivity index (χ3n) is 4.13. The first kappa shape index (κ1) is 15.6. The van der Waals surface area contributed by atoms with Gasteiger partial charge in [0.05, 0.1) is 5.56 Å². The number of nitriles is 1. The Labute approximate surface area is 140 Å². The lowest BCUT2D eigenvalue weighted by Crippen LogP contribution is -2.14. The molecule has 3 rings (SSSR count). The summed E-state index contributed by atoms with van der Waals surface area (Å²) >= 11 is 1.56. The molecule has 118 valence electrons. The molecule has 1 N–H and O–H groups in total. The number of carbonyl (C=O) groups is 1. The lowest BCUT2D eigenvalue weighted by Gasteiger charge is -2.13. The van der Waals surface area contributed by atoms with E-state index in [1.165, 1.54) is 4.88 Å². The summed E-state index contributed by atoms with van der Waals surface area (Å²) in [6, 6.07) is 9.76. The number of rotatable bonds is 3. The molecule has 0 aliphatic heterocycles. The number of benzene rings is 1. The van der Waals surface area contributed by atoms with Crippen LogP contribution in [0.25, 0.3) is 0 Å². The number of hydrogen-bond acceptors (Lipinski definition) is 4. The number of aryl methyl sites for hydroxylation is 1. The Morgan fingerprint density at radius 3 is 2.83 bits per heavy atom. The molecule has 5 heteroatoms. The molecular weight excluding hydrogens is 306 g/mol. The van der Waals surface area contributed by atoms with Crippen LogP contribution in [0.15, 0.2) is 24.3 Å². The van der Waals surface area contributed by atoms with E-state index in [1.54, 1.807) is 17.4 Å². The van der Waals surface area contributed by atoms with E-state index in [1.807, 2.05) is 37.2 Å². The second kappa shape index (κ2) is 6.43. The third kappa shape index (κ3) is 3.08. The molecule has 0 radical (unpaired) electrons. The summed E-state index contributed by atoms with van der Waals surface area (Å²) < 4.78 is 0. The van der Waals surface area contributed by atoms with Crippen molar-refractivity contribution in [3.05, 3.63) is 45.8 Å². The fraction of sp³-hybridized carbons (Fsp3) is 0.333. The van der Waals surface area contributed by atoms with E-state index in [2.05, 4.69) is 11.4 Å². The highest BCUT2D eigenvalue weighted by atomic mass is 32.1. The van der Waals surface area contributed by atoms with Gasteiger partial charge < -0.3 is 10.2 Å². The Morgan fingerprint density at radius 1 is 1.30 bits per heavy atom. The number of amides is 1. The predicted molar refractivity (Wildman–Crippen MR) is 94.4 cm³/mol. The number of carbonyl (C=O) groups excluding carboxylic acids is 1. The third-order valence-corrected chi connectivity index (χ3v) is 5.34. The van der Waals surface area contributed by atoms with Crippen LogP contribution < -0.4 is 10.2 Å². The van der Waals surface area contributed by atoms with Crippen molar-refractivity contribution in [2.24, 2.45) is 0 Å². The second-order valence-corrected chi connectivity index (χ2v) is 7.03. The van der Waals surface area contributed by atoms with E-state index in [0.717, 1.165) is 36.9 Å². The number of nitrogens with one attached hydrogen (secondary N) is 1. The first-order valence-electron chi connectivity index (χ1n) is 7.73. The van der Waals surface area contributed by atoms with Gasteiger partial charge in [-0.15, -0.1) is 11.3 Å². The summed E-state index contributed by atoms with van der Waals surface area (Å²) in [5, 5.41) is 13.1. The predicted octanol–water partition coefficient (Wildman–Crippen LogP) is 3.82. The van der Waals surface area contributed by atoms with Gasteiger partial charge in [-0.2, -0.15) is 5.26 Å². The van der Waals surface area contributed by atoms with Crippen LogP contribution in [0, 0.1) is 11.3 Å². The molecule has 1 heterocycles. The Morgan fingerprint density at radius 2 is 2.09 bits per heavy atom. The maximum Gasteiger partial charge on any atom is 0.256 e. The highest BCUT2D eigenvalue weighted by Gasteiger charge is 2.22. The zero-order valence-electron chi connectivity index (χ0n) is 13.3. The molecule has 0 atom stereocenters. The minimum atomic E-state index is -0.163. The number of fused-ring (bicyclic) bond motifs is 1. The largest absolute Gasteiger partial charge is 0.378 e. The summed E-state index contributed by atoms with van der Waals surface area (Å²) in [7, 11) is 3.89. The highest BCUT2D eigenvalue weighted by Crippen LogP contribution is 2.37. The van der Waals surface area contributed by atoms with Crippen molar-refractivity contribution in [2.75, 3.05) is 24.3 Å². The van der Waals surface area contributed by atoms with Gasteiger partial charge in [-0.3, -0.25) is 4.79 Å². The van der Waals surface area contributed by atoms with Crippen LogP contribution >= 0.6 is 11.3 Å². The molecule has 0 fully saturated rings.